The number of carboxylic acids is 1. The van der Waals surface area contributed by atoms with Gasteiger partial charge in [-0.3, -0.25) is 4.79 Å². The lowest BCUT2D eigenvalue weighted by atomic mass is 10.1. The van der Waals surface area contributed by atoms with Crippen molar-refractivity contribution in [1.82, 2.24) is 0 Å². The Morgan fingerprint density at radius 2 is 2.00 bits per heavy atom. The Hall–Kier alpha value is -1.23. The molecule has 1 aromatic rings. The average Bonchev–Trinajstić information content (AvgIpc) is 2.13. The third-order valence-electron chi connectivity index (χ3n) is 1.71. The number of rotatable bonds is 2. The maximum Gasteiger partial charge on any atom is 0.377 e. The Bertz CT molecular complexity index is 415. The zero-order valence-electron chi connectivity index (χ0n) is 7.17. The summed E-state index contributed by atoms with van der Waals surface area (Å²) in [5.41, 5.74) is 0.166. The number of carboxylic acid groups (broad SMARTS) is 1. The van der Waals surface area contributed by atoms with E-state index in [2.05, 4.69) is 15.9 Å². The molecule has 0 aliphatic heterocycles. The molecule has 0 radical (unpaired) electrons. The number of carbonyl (C=O) groups is 2. The summed E-state index contributed by atoms with van der Waals surface area (Å²) in [6, 6.07) is 2.63. The van der Waals surface area contributed by atoms with Gasteiger partial charge in [-0.25, -0.2) is 9.18 Å². The fraction of sp³-hybridized carbons (Fsp3) is 0.111. The van der Waals surface area contributed by atoms with Gasteiger partial charge in [0.05, 0.1) is 10.0 Å². The SMILES string of the molecule is Cc1ccc(C(=O)C(=O)O)c(F)c1Br. The molecule has 0 saturated heterocycles. The molecule has 0 aromatic heterocycles. The molecule has 5 heteroatoms. The van der Waals surface area contributed by atoms with Crippen LogP contribution in [0.5, 0.6) is 0 Å². The number of halogens is 2. The van der Waals surface area contributed by atoms with Crippen molar-refractivity contribution in [2.75, 3.05) is 0 Å². The monoisotopic (exact) mass is 260 g/mol. The van der Waals surface area contributed by atoms with Gasteiger partial charge < -0.3 is 5.11 Å². The first-order valence-corrected chi connectivity index (χ1v) is 4.46. The zero-order valence-corrected chi connectivity index (χ0v) is 8.76. The normalized spacial score (nSPS) is 9.93. The first-order valence-electron chi connectivity index (χ1n) is 3.67. The predicted octanol–water partition coefficient (Wildman–Crippen LogP) is 2.16. The van der Waals surface area contributed by atoms with Gasteiger partial charge in [-0.15, -0.1) is 0 Å². The highest BCUT2D eigenvalue weighted by Gasteiger charge is 2.20. The molecule has 0 bridgehead atoms. The van der Waals surface area contributed by atoms with Gasteiger partial charge in [-0.05, 0) is 34.5 Å². The van der Waals surface area contributed by atoms with Crippen LogP contribution >= 0.6 is 15.9 Å². The first-order chi connectivity index (χ1) is 6.45. The number of aryl methyl sites for hydroxylation is 1. The van der Waals surface area contributed by atoms with Crippen LogP contribution in [0.4, 0.5) is 4.39 Å². The summed E-state index contributed by atoms with van der Waals surface area (Å²) in [7, 11) is 0. The highest BCUT2D eigenvalue weighted by Crippen LogP contribution is 2.23. The van der Waals surface area contributed by atoms with E-state index in [9.17, 15) is 14.0 Å². The lowest BCUT2D eigenvalue weighted by Gasteiger charge is -2.03. The van der Waals surface area contributed by atoms with Crippen LogP contribution in [0.3, 0.4) is 0 Å². The molecule has 0 saturated carbocycles. The number of Topliss-reactive ketones (excluding diaryl/α,β-unsaturated/α-hetero) is 1. The van der Waals surface area contributed by atoms with Crippen LogP contribution in [0, 0.1) is 12.7 Å². The predicted molar refractivity (Wildman–Crippen MR) is 50.8 cm³/mol. The van der Waals surface area contributed by atoms with Crippen LogP contribution in [-0.4, -0.2) is 16.9 Å². The largest absolute Gasteiger partial charge is 0.475 e. The quantitative estimate of drug-likeness (QED) is 0.655. The van der Waals surface area contributed by atoms with Crippen molar-refractivity contribution in [3.8, 4) is 0 Å². The molecule has 1 rings (SSSR count). The first kappa shape index (κ1) is 10.8. The summed E-state index contributed by atoms with van der Waals surface area (Å²) in [6.07, 6.45) is 0. The molecule has 1 aromatic carbocycles. The van der Waals surface area contributed by atoms with Crippen molar-refractivity contribution in [2.24, 2.45) is 0 Å². The minimum Gasteiger partial charge on any atom is -0.475 e. The van der Waals surface area contributed by atoms with Gasteiger partial charge in [0, 0.05) is 0 Å². The summed E-state index contributed by atoms with van der Waals surface area (Å²) < 4.78 is 13.5. The minimum atomic E-state index is -1.67. The maximum atomic E-state index is 13.3. The summed E-state index contributed by atoms with van der Waals surface area (Å²) in [4.78, 5) is 21.3. The molecule has 0 amide bonds. The molecule has 0 aliphatic carbocycles. The highest BCUT2D eigenvalue weighted by molar-refractivity contribution is 9.10. The summed E-state index contributed by atoms with van der Waals surface area (Å²) in [5, 5.41) is 8.39. The van der Waals surface area contributed by atoms with E-state index in [0.29, 0.717) is 5.56 Å². The van der Waals surface area contributed by atoms with Crippen LogP contribution in [0.25, 0.3) is 0 Å². The number of benzene rings is 1. The van der Waals surface area contributed by atoms with E-state index >= 15 is 0 Å². The van der Waals surface area contributed by atoms with Crippen molar-refractivity contribution in [3.63, 3.8) is 0 Å². The molecule has 0 unspecified atom stereocenters. The maximum absolute atomic E-state index is 13.3. The molecule has 0 spiro atoms. The van der Waals surface area contributed by atoms with Crippen LogP contribution in [0.1, 0.15) is 15.9 Å². The third kappa shape index (κ3) is 1.82. The summed E-state index contributed by atoms with van der Waals surface area (Å²) in [5.74, 6) is -3.75. The van der Waals surface area contributed by atoms with Crippen molar-refractivity contribution in [1.29, 1.82) is 0 Å². The van der Waals surface area contributed by atoms with Crippen molar-refractivity contribution in [2.45, 2.75) is 6.92 Å². The Labute approximate surface area is 87.7 Å². The van der Waals surface area contributed by atoms with Crippen LogP contribution in [0.15, 0.2) is 16.6 Å². The highest BCUT2D eigenvalue weighted by atomic mass is 79.9. The standard InChI is InChI=1S/C9H6BrFO3/c1-4-2-3-5(7(11)6(4)10)8(12)9(13)14/h2-3H,1H3,(H,13,14). The molecule has 0 aliphatic rings. The van der Waals surface area contributed by atoms with Crippen LogP contribution in [-0.2, 0) is 4.79 Å². The number of carbonyl (C=O) groups excluding carboxylic acids is 1. The molecule has 0 heterocycles. The van der Waals surface area contributed by atoms with Gasteiger partial charge in [-0.1, -0.05) is 6.07 Å². The fourth-order valence-corrected chi connectivity index (χ4v) is 1.28. The second kappa shape index (κ2) is 3.88. The lowest BCUT2D eigenvalue weighted by Crippen LogP contribution is -2.14. The van der Waals surface area contributed by atoms with Crippen LogP contribution in [0.2, 0.25) is 0 Å². The average molecular weight is 261 g/mol. The van der Waals surface area contributed by atoms with E-state index in [4.69, 9.17) is 5.11 Å². The van der Waals surface area contributed by atoms with Crippen molar-refractivity contribution in [3.05, 3.63) is 33.5 Å². The molecule has 74 valence electrons. The molecule has 0 fully saturated rings. The van der Waals surface area contributed by atoms with E-state index < -0.39 is 23.1 Å². The topological polar surface area (TPSA) is 54.4 Å². The van der Waals surface area contributed by atoms with Crippen molar-refractivity contribution >= 4 is 27.7 Å². The fourth-order valence-electron chi connectivity index (χ4n) is 0.937. The van der Waals surface area contributed by atoms with Gasteiger partial charge in [0.2, 0.25) is 0 Å². The second-order valence-electron chi connectivity index (χ2n) is 2.69. The Balaban J connectivity index is 3.31. The summed E-state index contributed by atoms with van der Waals surface area (Å²) in [6.45, 7) is 1.64. The lowest BCUT2D eigenvalue weighted by molar-refractivity contribution is -0.131. The molecule has 0 atom stereocenters. The van der Waals surface area contributed by atoms with Gasteiger partial charge in [0.1, 0.15) is 5.82 Å². The number of ketones is 1. The molecule has 14 heavy (non-hydrogen) atoms. The molecular weight excluding hydrogens is 255 g/mol. The zero-order chi connectivity index (χ0) is 10.9. The Morgan fingerprint density at radius 3 is 2.50 bits per heavy atom. The molecule has 3 nitrogen and oxygen atoms in total. The molecule has 1 N–H and O–H groups in total. The molecular formula is C9H6BrFO3. The van der Waals surface area contributed by atoms with Gasteiger partial charge in [0.25, 0.3) is 5.78 Å². The van der Waals surface area contributed by atoms with Gasteiger partial charge in [0.15, 0.2) is 0 Å². The van der Waals surface area contributed by atoms with Gasteiger partial charge >= 0.3 is 5.97 Å². The van der Waals surface area contributed by atoms with Gasteiger partial charge in [-0.2, -0.15) is 0 Å². The Kier molecular flexibility index (Phi) is 3.00. The summed E-state index contributed by atoms with van der Waals surface area (Å²) >= 11 is 2.93. The second-order valence-corrected chi connectivity index (χ2v) is 3.49. The Morgan fingerprint density at radius 1 is 1.43 bits per heavy atom. The van der Waals surface area contributed by atoms with Crippen molar-refractivity contribution < 1.29 is 19.1 Å². The third-order valence-corrected chi connectivity index (χ3v) is 2.69. The van der Waals surface area contributed by atoms with E-state index in [-0.39, 0.29) is 4.47 Å². The number of aliphatic carboxylic acids is 1. The minimum absolute atomic E-state index is 0.115. The van der Waals surface area contributed by atoms with E-state index in [1.807, 2.05) is 0 Å². The van der Waals surface area contributed by atoms with Crippen LogP contribution < -0.4 is 0 Å². The van der Waals surface area contributed by atoms with E-state index in [0.717, 1.165) is 6.07 Å². The van der Waals surface area contributed by atoms with E-state index in [1.54, 1.807) is 6.92 Å². The smallest absolute Gasteiger partial charge is 0.377 e. The van der Waals surface area contributed by atoms with E-state index in [1.165, 1.54) is 6.07 Å². The number of hydrogen-bond donors (Lipinski definition) is 1. The number of hydrogen-bond acceptors (Lipinski definition) is 2.